The molecule has 2 aliphatic rings. The van der Waals surface area contributed by atoms with Crippen LogP contribution in [-0.2, 0) is 28.4 Å². The van der Waals surface area contributed by atoms with Crippen LogP contribution in [0.4, 0.5) is 29.7 Å². The van der Waals surface area contributed by atoms with Crippen molar-refractivity contribution in [1.29, 1.82) is 0 Å². The maximum atomic E-state index is 13.9. The van der Waals surface area contributed by atoms with Crippen molar-refractivity contribution in [1.82, 2.24) is 0 Å². The van der Waals surface area contributed by atoms with Crippen LogP contribution in [0.15, 0.2) is 48.5 Å². The zero-order valence-electron chi connectivity index (χ0n) is 24.4. The molecule has 15 heteroatoms. The Labute approximate surface area is 253 Å². The Morgan fingerprint density at radius 2 is 1.27 bits per heavy atom. The molecule has 2 aromatic rings. The number of rotatable bonds is 9. The largest absolute Gasteiger partial charge is 0.446 e. The Balaban J connectivity index is 0.00000259. The molecule has 2 saturated heterocycles. The fourth-order valence-corrected chi connectivity index (χ4v) is 4.42. The average Bonchev–Trinajstić information content (AvgIpc) is 3.01. The predicted octanol–water partition coefficient (Wildman–Crippen LogP) is 3.13. The summed E-state index contributed by atoms with van der Waals surface area (Å²) in [5.74, 6) is -1.35. The van der Waals surface area contributed by atoms with Crippen LogP contribution in [0.3, 0.4) is 0 Å². The van der Waals surface area contributed by atoms with Crippen LogP contribution in [0, 0.1) is 11.6 Å². The number of aliphatic hydroxyl groups excluding tert-OH is 3. The minimum absolute atomic E-state index is 0.0141. The number of amides is 2. The molecule has 2 aliphatic heterocycles. The number of benzene rings is 2. The predicted molar refractivity (Wildman–Crippen MR) is 151 cm³/mol. The highest BCUT2D eigenvalue weighted by Gasteiger charge is 2.44. The molecule has 2 amide bonds. The number of aliphatic hydroxyl groups is 3. The minimum Gasteiger partial charge on any atom is -0.446 e. The van der Waals surface area contributed by atoms with E-state index in [4.69, 9.17) is 28.4 Å². The number of carbonyl (C=O) groups is 2. The number of hydrogen-bond donors (Lipinski definition) is 5. The summed E-state index contributed by atoms with van der Waals surface area (Å²) in [6, 6.07) is 10.9. The molecule has 0 spiro atoms. The number of para-hydroxylation sites is 2. The number of halogens is 2. The second-order valence-corrected chi connectivity index (χ2v) is 9.55. The lowest BCUT2D eigenvalue weighted by atomic mass is 9.99. The first-order chi connectivity index (χ1) is 21.1. The maximum absolute atomic E-state index is 13.9. The molecular weight excluding hydrogens is 590 g/mol. The Hall–Kier alpha value is -3.44. The van der Waals surface area contributed by atoms with Gasteiger partial charge in [-0.15, -0.1) is 0 Å². The van der Waals surface area contributed by atoms with E-state index in [2.05, 4.69) is 10.6 Å². The van der Waals surface area contributed by atoms with E-state index in [-0.39, 0.29) is 24.2 Å². The number of methoxy groups -OCH3 is 1. The first-order valence-electron chi connectivity index (χ1n) is 14.0. The molecule has 0 radical (unpaired) electrons. The summed E-state index contributed by atoms with van der Waals surface area (Å²) in [5, 5.41) is 36.0. The van der Waals surface area contributed by atoms with Crippen molar-refractivity contribution in [2.45, 2.75) is 75.9 Å². The highest BCUT2D eigenvalue weighted by atomic mass is 19.1. The summed E-state index contributed by atoms with van der Waals surface area (Å²) in [6.45, 7) is 3.03. The molecule has 8 atom stereocenters. The third-order valence-corrected chi connectivity index (χ3v) is 6.59. The van der Waals surface area contributed by atoms with Gasteiger partial charge in [0, 0.05) is 20.0 Å². The SMILES string of the molecule is CC.COC1CC(O)[C@H](OC2CC(O)[C@H](O)C(COC(=O)Nc3ccccc3F)O2)C(COC(=O)Nc2ccccc2F)O1. The zero-order valence-corrected chi connectivity index (χ0v) is 24.4. The molecule has 13 nitrogen and oxygen atoms in total. The Morgan fingerprint density at radius 3 is 1.80 bits per heavy atom. The Morgan fingerprint density at radius 1 is 0.795 bits per heavy atom. The molecule has 0 bridgehead atoms. The van der Waals surface area contributed by atoms with Crippen molar-refractivity contribution in [3.8, 4) is 0 Å². The van der Waals surface area contributed by atoms with E-state index in [1.165, 1.54) is 43.5 Å². The lowest BCUT2D eigenvalue weighted by Gasteiger charge is -2.43. The Bertz CT molecular complexity index is 1210. The molecule has 44 heavy (non-hydrogen) atoms. The molecule has 6 unspecified atom stereocenters. The Kier molecular flexibility index (Phi) is 13.7. The van der Waals surface area contributed by atoms with Gasteiger partial charge in [-0.2, -0.15) is 0 Å². The number of nitrogens with one attached hydrogen (secondary N) is 2. The van der Waals surface area contributed by atoms with Gasteiger partial charge in [-0.05, 0) is 24.3 Å². The van der Waals surface area contributed by atoms with Crippen LogP contribution in [0.2, 0.25) is 0 Å². The second kappa shape index (κ2) is 17.2. The van der Waals surface area contributed by atoms with Gasteiger partial charge in [0.15, 0.2) is 12.6 Å². The standard InChI is InChI=1S/C27H32F2N2O11.C2H6/c1-37-22-11-19(33)25(21(41-22)13-39-27(36)31-17-9-5-3-7-15(17)29)42-23-10-18(32)24(34)20(40-23)12-38-26(35)30-16-8-4-2-6-14(16)28;1-2/h2-9,18-25,32-34H,10-13H2,1H3,(H,30,35)(H,31,36);1-2H3/t18?,19?,20?,21?,22?,23?,24-,25-;/m0./s1. The van der Waals surface area contributed by atoms with Gasteiger partial charge in [0.1, 0.15) is 49.3 Å². The number of carbonyl (C=O) groups excluding carboxylic acids is 2. The van der Waals surface area contributed by atoms with Crippen LogP contribution in [0.5, 0.6) is 0 Å². The van der Waals surface area contributed by atoms with Crippen molar-refractivity contribution >= 4 is 23.6 Å². The van der Waals surface area contributed by atoms with E-state index in [0.29, 0.717) is 0 Å². The summed E-state index contributed by atoms with van der Waals surface area (Å²) in [5.41, 5.74) is -0.223. The second-order valence-electron chi connectivity index (χ2n) is 9.55. The molecule has 2 aromatic carbocycles. The van der Waals surface area contributed by atoms with Gasteiger partial charge in [-0.1, -0.05) is 38.1 Å². The van der Waals surface area contributed by atoms with Gasteiger partial charge in [0.25, 0.3) is 0 Å². The molecule has 244 valence electrons. The van der Waals surface area contributed by atoms with Gasteiger partial charge < -0.3 is 43.7 Å². The van der Waals surface area contributed by atoms with Crippen molar-refractivity contribution in [2.75, 3.05) is 31.0 Å². The third kappa shape index (κ3) is 9.79. The monoisotopic (exact) mass is 628 g/mol. The number of anilines is 2. The third-order valence-electron chi connectivity index (χ3n) is 6.59. The van der Waals surface area contributed by atoms with Crippen LogP contribution < -0.4 is 10.6 Å². The fourth-order valence-electron chi connectivity index (χ4n) is 4.42. The van der Waals surface area contributed by atoms with Crippen molar-refractivity contribution in [2.24, 2.45) is 0 Å². The average molecular weight is 629 g/mol. The van der Waals surface area contributed by atoms with Gasteiger partial charge in [0.05, 0.1) is 23.6 Å². The quantitative estimate of drug-likeness (QED) is 0.276. The molecule has 0 aromatic heterocycles. The number of hydrogen-bond acceptors (Lipinski definition) is 11. The summed E-state index contributed by atoms with van der Waals surface area (Å²) < 4.78 is 60.4. The van der Waals surface area contributed by atoms with Crippen molar-refractivity contribution < 1.29 is 62.1 Å². The minimum atomic E-state index is -1.46. The first-order valence-corrected chi connectivity index (χ1v) is 14.0. The van der Waals surface area contributed by atoms with Crippen LogP contribution in [0.25, 0.3) is 0 Å². The highest BCUT2D eigenvalue weighted by Crippen LogP contribution is 2.29. The normalized spacial score (nSPS) is 28.2. The summed E-state index contributed by atoms with van der Waals surface area (Å²) in [7, 11) is 1.36. The van der Waals surface area contributed by atoms with Gasteiger partial charge >= 0.3 is 12.2 Å². The molecule has 0 saturated carbocycles. The van der Waals surface area contributed by atoms with E-state index in [1.54, 1.807) is 0 Å². The fraction of sp³-hybridized carbons (Fsp3) is 0.517. The molecule has 2 heterocycles. The molecule has 2 fully saturated rings. The van der Waals surface area contributed by atoms with Gasteiger partial charge in [-0.25, -0.2) is 18.4 Å². The number of ether oxygens (including phenoxy) is 6. The summed E-state index contributed by atoms with van der Waals surface area (Å²) in [6.07, 6.45) is -11.8. The summed E-state index contributed by atoms with van der Waals surface area (Å²) >= 11 is 0. The maximum Gasteiger partial charge on any atom is 0.411 e. The smallest absolute Gasteiger partial charge is 0.411 e. The van der Waals surface area contributed by atoms with Crippen molar-refractivity contribution in [3.63, 3.8) is 0 Å². The van der Waals surface area contributed by atoms with Crippen LogP contribution in [-0.4, -0.2) is 97.0 Å². The van der Waals surface area contributed by atoms with E-state index in [1.807, 2.05) is 13.8 Å². The van der Waals surface area contributed by atoms with Crippen LogP contribution in [0.1, 0.15) is 26.7 Å². The highest BCUT2D eigenvalue weighted by molar-refractivity contribution is 5.85. The molecular formula is C29H38F2N2O11. The van der Waals surface area contributed by atoms with Crippen LogP contribution >= 0.6 is 0 Å². The van der Waals surface area contributed by atoms with Crippen molar-refractivity contribution in [3.05, 3.63) is 60.2 Å². The molecule has 5 N–H and O–H groups in total. The first kappa shape index (κ1) is 35.0. The van der Waals surface area contributed by atoms with E-state index in [0.717, 1.165) is 12.1 Å². The lowest BCUT2D eigenvalue weighted by molar-refractivity contribution is -0.318. The van der Waals surface area contributed by atoms with Gasteiger partial charge in [-0.3, -0.25) is 10.6 Å². The van der Waals surface area contributed by atoms with Gasteiger partial charge in [0.2, 0.25) is 0 Å². The zero-order chi connectivity index (χ0) is 32.2. The van der Waals surface area contributed by atoms with E-state index >= 15 is 0 Å². The topological polar surface area (TPSA) is 174 Å². The molecule has 0 aliphatic carbocycles. The van der Waals surface area contributed by atoms with E-state index < -0.39 is 86.2 Å². The van der Waals surface area contributed by atoms with E-state index in [9.17, 15) is 33.7 Å². The molecule has 4 rings (SSSR count). The lowest BCUT2D eigenvalue weighted by Crippen LogP contribution is -2.57. The summed E-state index contributed by atoms with van der Waals surface area (Å²) in [4.78, 5) is 24.4.